The zero-order chi connectivity index (χ0) is 23.7. The maximum Gasteiger partial charge on any atom is 0.277 e. The molecule has 0 spiro atoms. The number of nitrogens with zero attached hydrogens (tertiary/aromatic N) is 5. The van der Waals surface area contributed by atoms with Gasteiger partial charge in [-0.1, -0.05) is 18.2 Å². The second kappa shape index (κ2) is 9.47. The molecule has 0 unspecified atom stereocenters. The Labute approximate surface area is 198 Å². The Balaban J connectivity index is 1.61. The summed E-state index contributed by atoms with van der Waals surface area (Å²) in [5.74, 6) is -0.0787. The summed E-state index contributed by atoms with van der Waals surface area (Å²) in [6, 6.07) is 8.35. The van der Waals surface area contributed by atoms with Gasteiger partial charge in [0, 0.05) is 39.4 Å². The van der Waals surface area contributed by atoms with Crippen molar-refractivity contribution >= 4 is 22.9 Å². The van der Waals surface area contributed by atoms with Crippen LogP contribution in [0.25, 0.3) is 10.6 Å². The summed E-state index contributed by atoms with van der Waals surface area (Å²) >= 11 is 1.28. The van der Waals surface area contributed by atoms with E-state index in [0.29, 0.717) is 27.7 Å². The van der Waals surface area contributed by atoms with E-state index >= 15 is 0 Å². The Kier molecular flexibility index (Phi) is 6.65. The molecule has 0 aliphatic carbocycles. The predicted molar refractivity (Wildman–Crippen MR) is 133 cm³/mol. The first kappa shape index (κ1) is 23.2. The second-order valence-corrected chi connectivity index (χ2v) is 9.78. The van der Waals surface area contributed by atoms with Crippen molar-refractivity contribution in [2.45, 2.75) is 46.6 Å². The highest BCUT2D eigenvalue weighted by Crippen LogP contribution is 2.30. The minimum atomic E-state index is -0.199. The van der Waals surface area contributed by atoms with Crippen LogP contribution < -0.4 is 10.5 Å². The number of piperidine rings is 1. The van der Waals surface area contributed by atoms with Crippen LogP contribution in [0.1, 0.15) is 51.4 Å². The Bertz CT molecular complexity index is 1240. The van der Waals surface area contributed by atoms with Gasteiger partial charge < -0.3 is 9.80 Å². The van der Waals surface area contributed by atoms with Gasteiger partial charge in [-0.25, -0.2) is 9.67 Å². The summed E-state index contributed by atoms with van der Waals surface area (Å²) < 4.78 is 1.33. The number of thiazole rings is 1. The molecule has 1 saturated heterocycles. The van der Waals surface area contributed by atoms with Gasteiger partial charge in [-0.05, 0) is 57.2 Å². The normalized spacial score (nSPS) is 13.9. The van der Waals surface area contributed by atoms with Gasteiger partial charge in [0.2, 0.25) is 0 Å². The minimum absolute atomic E-state index is 0.0787. The number of carbonyl (C=O) groups excluding carboxylic acids is 1. The molecule has 4 rings (SSSR count). The van der Waals surface area contributed by atoms with Crippen LogP contribution in [-0.4, -0.2) is 45.7 Å². The van der Waals surface area contributed by atoms with Crippen molar-refractivity contribution in [2.75, 3.05) is 25.0 Å². The molecule has 33 heavy (non-hydrogen) atoms. The van der Waals surface area contributed by atoms with Crippen molar-refractivity contribution in [2.24, 2.45) is 7.05 Å². The van der Waals surface area contributed by atoms with Crippen LogP contribution >= 0.6 is 11.3 Å². The summed E-state index contributed by atoms with van der Waals surface area (Å²) in [6.45, 7) is 8.22. The molecular weight excluding hydrogens is 434 g/mol. The number of para-hydroxylation sites is 1. The third kappa shape index (κ3) is 4.57. The lowest BCUT2D eigenvalue weighted by atomic mass is 10.1. The largest absolute Gasteiger partial charge is 0.371 e. The molecule has 0 radical (unpaired) electrons. The molecule has 7 nitrogen and oxygen atoms in total. The van der Waals surface area contributed by atoms with Crippen LogP contribution in [0.2, 0.25) is 0 Å². The highest BCUT2D eigenvalue weighted by Gasteiger charge is 2.24. The molecule has 1 fully saturated rings. The molecule has 8 heteroatoms. The molecule has 3 heterocycles. The summed E-state index contributed by atoms with van der Waals surface area (Å²) in [5.41, 5.74) is 4.91. The molecule has 174 valence electrons. The highest BCUT2D eigenvalue weighted by molar-refractivity contribution is 7.17. The van der Waals surface area contributed by atoms with E-state index in [2.05, 4.69) is 33.2 Å². The van der Waals surface area contributed by atoms with Gasteiger partial charge in [0.25, 0.3) is 11.5 Å². The lowest BCUT2D eigenvalue weighted by Gasteiger charge is -2.31. The van der Waals surface area contributed by atoms with E-state index < -0.39 is 0 Å². The number of benzene rings is 1. The average molecular weight is 466 g/mol. The zero-order valence-corrected chi connectivity index (χ0v) is 20.8. The van der Waals surface area contributed by atoms with Crippen molar-refractivity contribution in [1.29, 1.82) is 0 Å². The monoisotopic (exact) mass is 465 g/mol. The fourth-order valence-corrected chi connectivity index (χ4v) is 5.55. The highest BCUT2D eigenvalue weighted by atomic mass is 32.1. The molecule has 3 aromatic rings. The Morgan fingerprint density at radius 3 is 2.52 bits per heavy atom. The predicted octanol–water partition coefficient (Wildman–Crippen LogP) is 4.09. The maximum atomic E-state index is 13.4. The van der Waals surface area contributed by atoms with Gasteiger partial charge in [-0.3, -0.25) is 9.59 Å². The first-order valence-corrected chi connectivity index (χ1v) is 12.2. The first-order chi connectivity index (χ1) is 15.8. The maximum absolute atomic E-state index is 13.4. The van der Waals surface area contributed by atoms with Crippen LogP contribution in [0.3, 0.4) is 0 Å². The number of hydrogen-bond acceptors (Lipinski definition) is 6. The molecule has 1 aliphatic rings. The average Bonchev–Trinajstić information content (AvgIpc) is 3.19. The van der Waals surface area contributed by atoms with E-state index in [1.54, 1.807) is 11.9 Å². The smallest absolute Gasteiger partial charge is 0.277 e. The summed E-state index contributed by atoms with van der Waals surface area (Å²) in [4.78, 5) is 35.5. The number of anilines is 1. The van der Waals surface area contributed by atoms with E-state index in [0.717, 1.165) is 29.9 Å². The standard InChI is InChI=1S/C25H31N5O2S/c1-16-17(2)27-29(5)24(31)21(16)23-26-18(3)22(33-23)25(32)28(4)15-19-11-7-8-12-20(19)30-13-9-6-10-14-30/h7-8,11-12H,6,9-10,13-15H2,1-5H3. The Hall–Kier alpha value is -3.00. The van der Waals surface area contributed by atoms with E-state index in [9.17, 15) is 9.59 Å². The third-order valence-corrected chi connectivity index (χ3v) is 7.54. The summed E-state index contributed by atoms with van der Waals surface area (Å²) in [5, 5.41) is 4.82. The van der Waals surface area contributed by atoms with Gasteiger partial charge in [-0.2, -0.15) is 5.10 Å². The molecule has 0 saturated carbocycles. The first-order valence-electron chi connectivity index (χ1n) is 11.4. The molecule has 1 aromatic carbocycles. The van der Waals surface area contributed by atoms with Crippen LogP contribution in [0, 0.1) is 20.8 Å². The molecule has 1 amide bonds. The summed E-state index contributed by atoms with van der Waals surface area (Å²) in [7, 11) is 3.47. The fourth-order valence-electron chi connectivity index (χ4n) is 4.39. The SMILES string of the molecule is Cc1nc(-c2c(C)c(C)nn(C)c2=O)sc1C(=O)N(C)Cc1ccccc1N1CCCCC1. The number of carbonyl (C=O) groups is 1. The second-order valence-electron chi connectivity index (χ2n) is 8.79. The van der Waals surface area contributed by atoms with Crippen LogP contribution in [0.15, 0.2) is 29.1 Å². The van der Waals surface area contributed by atoms with Crippen LogP contribution in [0.5, 0.6) is 0 Å². The fraction of sp³-hybridized carbons (Fsp3) is 0.440. The van der Waals surface area contributed by atoms with Gasteiger partial charge in [0.1, 0.15) is 9.88 Å². The lowest BCUT2D eigenvalue weighted by Crippen LogP contribution is -2.32. The molecule has 0 atom stereocenters. The van der Waals surface area contributed by atoms with Crippen molar-refractivity contribution in [3.63, 3.8) is 0 Å². The van der Waals surface area contributed by atoms with Crippen molar-refractivity contribution in [1.82, 2.24) is 19.7 Å². The zero-order valence-electron chi connectivity index (χ0n) is 20.0. The quantitative estimate of drug-likeness (QED) is 0.568. The number of aromatic nitrogens is 3. The molecule has 0 N–H and O–H groups in total. The van der Waals surface area contributed by atoms with E-state index in [1.807, 2.05) is 33.9 Å². The molecule has 2 aromatic heterocycles. The van der Waals surface area contributed by atoms with Crippen LogP contribution in [-0.2, 0) is 13.6 Å². The van der Waals surface area contributed by atoms with E-state index in [1.165, 1.54) is 41.0 Å². The Morgan fingerprint density at radius 2 is 1.79 bits per heavy atom. The van der Waals surface area contributed by atoms with E-state index in [-0.39, 0.29) is 11.5 Å². The number of amides is 1. The lowest BCUT2D eigenvalue weighted by molar-refractivity contribution is 0.0789. The van der Waals surface area contributed by atoms with Crippen LogP contribution in [0.4, 0.5) is 5.69 Å². The van der Waals surface area contributed by atoms with Crippen molar-refractivity contribution < 1.29 is 4.79 Å². The third-order valence-electron chi connectivity index (χ3n) is 6.37. The van der Waals surface area contributed by atoms with Crippen molar-refractivity contribution in [3.05, 3.63) is 62.0 Å². The summed E-state index contributed by atoms with van der Waals surface area (Å²) in [6.07, 6.45) is 3.70. The topological polar surface area (TPSA) is 71.3 Å². The van der Waals surface area contributed by atoms with Gasteiger partial charge in [0.15, 0.2) is 0 Å². The Morgan fingerprint density at radius 1 is 1.09 bits per heavy atom. The molecular formula is C25H31N5O2S. The number of rotatable bonds is 5. The number of hydrogen-bond donors (Lipinski definition) is 0. The molecule has 0 bridgehead atoms. The van der Waals surface area contributed by atoms with Gasteiger partial charge in [-0.15, -0.1) is 11.3 Å². The van der Waals surface area contributed by atoms with Gasteiger partial charge >= 0.3 is 0 Å². The number of aryl methyl sites for hydroxylation is 3. The van der Waals surface area contributed by atoms with Gasteiger partial charge in [0.05, 0.1) is 17.0 Å². The molecule has 1 aliphatic heterocycles. The van der Waals surface area contributed by atoms with E-state index in [4.69, 9.17) is 0 Å². The van der Waals surface area contributed by atoms with Crippen molar-refractivity contribution in [3.8, 4) is 10.6 Å². The minimum Gasteiger partial charge on any atom is -0.371 e.